The molecule has 6 heteroatoms. The Labute approximate surface area is 520 Å². The zero-order valence-corrected chi connectivity index (χ0v) is 56.7. The highest BCUT2D eigenvalue weighted by Gasteiger charge is 2.20. The van der Waals surface area contributed by atoms with Crippen molar-refractivity contribution in [3.05, 3.63) is 12.2 Å². The molecular formula is C77H151NO5. The van der Waals surface area contributed by atoms with Gasteiger partial charge in [-0.25, -0.2) is 0 Å². The molecule has 83 heavy (non-hydrogen) atoms. The number of unbranched alkanes of at least 4 members (excludes halogenated alkanes) is 60. The number of rotatable bonds is 73. The molecule has 2 atom stereocenters. The van der Waals surface area contributed by atoms with Gasteiger partial charge in [-0.15, -0.1) is 0 Å². The maximum absolute atomic E-state index is 12.5. The van der Waals surface area contributed by atoms with Gasteiger partial charge in [0.05, 0.1) is 25.4 Å². The fourth-order valence-corrected chi connectivity index (χ4v) is 12.5. The van der Waals surface area contributed by atoms with E-state index in [9.17, 15) is 19.8 Å². The predicted molar refractivity (Wildman–Crippen MR) is 366 cm³/mol. The highest BCUT2D eigenvalue weighted by Crippen LogP contribution is 2.20. The van der Waals surface area contributed by atoms with Crippen LogP contribution in [0.3, 0.4) is 0 Å². The van der Waals surface area contributed by atoms with Crippen molar-refractivity contribution in [2.45, 2.75) is 456 Å². The summed E-state index contributed by atoms with van der Waals surface area (Å²) < 4.78 is 5.49. The van der Waals surface area contributed by atoms with Crippen LogP contribution in [0.25, 0.3) is 0 Å². The van der Waals surface area contributed by atoms with E-state index in [0.29, 0.717) is 25.9 Å². The Kier molecular flexibility index (Phi) is 71.8. The minimum Gasteiger partial charge on any atom is -0.466 e. The Morgan fingerprint density at radius 2 is 0.566 bits per heavy atom. The minimum atomic E-state index is -0.658. The van der Waals surface area contributed by atoms with Crippen molar-refractivity contribution in [1.82, 2.24) is 5.32 Å². The molecule has 0 saturated carbocycles. The van der Waals surface area contributed by atoms with E-state index in [4.69, 9.17) is 4.74 Å². The SMILES string of the molecule is CCCCCCC/C=C\CCCCCCCC(=O)OCCCCCCCCCCCCCCCCCCCCCCCCCCCCCCCCCCCCCCCCCC(=O)NC(CO)C(O)CCCCCCCCCCCCCCC. The predicted octanol–water partition coefficient (Wildman–Crippen LogP) is 25.1. The Bertz CT molecular complexity index is 1260. The van der Waals surface area contributed by atoms with E-state index in [1.165, 1.54) is 366 Å². The monoisotopic (exact) mass is 1170 g/mol. The van der Waals surface area contributed by atoms with E-state index in [-0.39, 0.29) is 18.5 Å². The van der Waals surface area contributed by atoms with E-state index < -0.39 is 12.1 Å². The number of allylic oxidation sites excluding steroid dienone is 2. The molecule has 0 aromatic rings. The molecule has 0 rings (SSSR count). The summed E-state index contributed by atoms with van der Waals surface area (Å²) >= 11 is 0. The lowest BCUT2D eigenvalue weighted by molar-refractivity contribution is -0.143. The number of hydrogen-bond donors (Lipinski definition) is 3. The van der Waals surface area contributed by atoms with Crippen LogP contribution >= 0.6 is 0 Å². The first-order chi connectivity index (χ1) is 41.0. The van der Waals surface area contributed by atoms with E-state index in [2.05, 4.69) is 31.3 Å². The van der Waals surface area contributed by atoms with E-state index in [1.807, 2.05) is 0 Å². The van der Waals surface area contributed by atoms with Crippen LogP contribution in [0.5, 0.6) is 0 Å². The average molecular weight is 1170 g/mol. The van der Waals surface area contributed by atoms with Crippen LogP contribution in [-0.2, 0) is 14.3 Å². The lowest BCUT2D eigenvalue weighted by Crippen LogP contribution is -2.45. The van der Waals surface area contributed by atoms with Crippen LogP contribution in [-0.4, -0.2) is 47.4 Å². The normalized spacial score (nSPS) is 12.5. The Morgan fingerprint density at radius 1 is 0.325 bits per heavy atom. The summed E-state index contributed by atoms with van der Waals surface area (Å²) in [6.45, 7) is 4.98. The van der Waals surface area contributed by atoms with Gasteiger partial charge in [0.25, 0.3) is 0 Å². The summed E-state index contributed by atoms with van der Waals surface area (Å²) in [5, 5.41) is 23.3. The number of carbonyl (C=O) groups is 2. The molecule has 0 aromatic heterocycles. The van der Waals surface area contributed by atoms with Gasteiger partial charge in [-0.2, -0.15) is 0 Å². The number of aliphatic hydroxyl groups is 2. The molecule has 0 bridgehead atoms. The number of esters is 1. The van der Waals surface area contributed by atoms with Gasteiger partial charge in [0.2, 0.25) is 5.91 Å². The molecule has 494 valence electrons. The maximum atomic E-state index is 12.5. The van der Waals surface area contributed by atoms with E-state index in [1.54, 1.807) is 0 Å². The zero-order chi connectivity index (χ0) is 59.9. The number of nitrogens with one attached hydrogen (secondary N) is 1. The average Bonchev–Trinajstić information content (AvgIpc) is 3.49. The van der Waals surface area contributed by atoms with Crippen molar-refractivity contribution in [3.63, 3.8) is 0 Å². The first-order valence-electron chi connectivity index (χ1n) is 38.4. The second-order valence-electron chi connectivity index (χ2n) is 26.7. The van der Waals surface area contributed by atoms with Gasteiger partial charge in [-0.3, -0.25) is 9.59 Å². The number of carbonyl (C=O) groups excluding carboxylic acids is 2. The first-order valence-corrected chi connectivity index (χ1v) is 38.4. The second-order valence-corrected chi connectivity index (χ2v) is 26.7. The van der Waals surface area contributed by atoms with Crippen LogP contribution < -0.4 is 5.32 Å². The van der Waals surface area contributed by atoms with Gasteiger partial charge in [0.1, 0.15) is 0 Å². The van der Waals surface area contributed by atoms with Gasteiger partial charge in [0.15, 0.2) is 0 Å². The molecule has 3 N–H and O–H groups in total. The largest absolute Gasteiger partial charge is 0.466 e. The number of ether oxygens (including phenoxy) is 1. The molecule has 0 radical (unpaired) electrons. The maximum Gasteiger partial charge on any atom is 0.305 e. The zero-order valence-electron chi connectivity index (χ0n) is 56.7. The lowest BCUT2D eigenvalue weighted by atomic mass is 10.0. The van der Waals surface area contributed by atoms with Gasteiger partial charge < -0.3 is 20.3 Å². The highest BCUT2D eigenvalue weighted by atomic mass is 16.5. The topological polar surface area (TPSA) is 95.9 Å². The summed E-state index contributed by atoms with van der Waals surface area (Å²) in [6.07, 6.45) is 91.7. The third kappa shape index (κ3) is 69.6. The fourth-order valence-electron chi connectivity index (χ4n) is 12.5. The molecule has 0 aliphatic carbocycles. The molecule has 6 nitrogen and oxygen atoms in total. The van der Waals surface area contributed by atoms with Gasteiger partial charge >= 0.3 is 5.97 Å². The van der Waals surface area contributed by atoms with Crippen LogP contribution in [0.2, 0.25) is 0 Å². The van der Waals surface area contributed by atoms with Gasteiger partial charge in [0, 0.05) is 12.8 Å². The first kappa shape index (κ1) is 81.6. The Hall–Kier alpha value is -1.40. The number of aliphatic hydroxyl groups excluding tert-OH is 2. The highest BCUT2D eigenvalue weighted by molar-refractivity contribution is 5.76. The van der Waals surface area contributed by atoms with Crippen molar-refractivity contribution in [3.8, 4) is 0 Å². The van der Waals surface area contributed by atoms with Crippen molar-refractivity contribution in [1.29, 1.82) is 0 Å². The Balaban J connectivity index is 3.27. The molecule has 0 spiro atoms. The van der Waals surface area contributed by atoms with Crippen molar-refractivity contribution >= 4 is 11.9 Å². The van der Waals surface area contributed by atoms with E-state index in [0.717, 1.165) is 44.9 Å². The molecule has 0 aliphatic heterocycles. The molecule has 0 aromatic carbocycles. The summed E-state index contributed by atoms with van der Waals surface area (Å²) in [5.41, 5.74) is 0. The minimum absolute atomic E-state index is 0.0163. The van der Waals surface area contributed by atoms with Gasteiger partial charge in [-0.1, -0.05) is 392 Å². The molecular weight excluding hydrogens is 1020 g/mol. The lowest BCUT2D eigenvalue weighted by Gasteiger charge is -2.22. The van der Waals surface area contributed by atoms with Crippen LogP contribution in [0.1, 0.15) is 444 Å². The smallest absolute Gasteiger partial charge is 0.305 e. The number of hydrogen-bond acceptors (Lipinski definition) is 5. The van der Waals surface area contributed by atoms with E-state index >= 15 is 0 Å². The summed E-state index contributed by atoms with van der Waals surface area (Å²) in [7, 11) is 0. The molecule has 0 aliphatic rings. The summed E-state index contributed by atoms with van der Waals surface area (Å²) in [5.74, 6) is -0.00965. The second kappa shape index (κ2) is 73.1. The molecule has 2 unspecified atom stereocenters. The molecule has 1 amide bonds. The van der Waals surface area contributed by atoms with Crippen molar-refractivity contribution in [2.75, 3.05) is 13.2 Å². The molecule has 0 heterocycles. The Morgan fingerprint density at radius 3 is 0.855 bits per heavy atom. The standard InChI is InChI=1S/C77H151NO5/c1-3-5-7-9-11-13-15-17-47-51-55-59-63-67-71-77(82)83-72-68-64-60-56-52-48-44-42-40-38-36-34-32-30-28-26-24-22-20-18-19-21-23-25-27-29-31-33-35-37-39-41-43-46-50-54-58-62-66-70-76(81)78-74(73-79)75(80)69-65-61-57-53-49-45-16-14-12-10-8-6-4-2/h15,17,74-75,79-80H,3-14,16,18-73H2,1-2H3,(H,78,81)/b17-15-. The van der Waals surface area contributed by atoms with Crippen LogP contribution in [0.4, 0.5) is 0 Å². The number of amides is 1. The molecule has 0 fully saturated rings. The van der Waals surface area contributed by atoms with Crippen LogP contribution in [0, 0.1) is 0 Å². The van der Waals surface area contributed by atoms with Crippen LogP contribution in [0.15, 0.2) is 12.2 Å². The third-order valence-electron chi connectivity index (χ3n) is 18.3. The molecule has 0 saturated heterocycles. The quantitative estimate of drug-likeness (QED) is 0.0320. The summed E-state index contributed by atoms with van der Waals surface area (Å²) in [6, 6.07) is -0.535. The van der Waals surface area contributed by atoms with Crippen molar-refractivity contribution < 1.29 is 24.5 Å². The fraction of sp³-hybridized carbons (Fsp3) is 0.948. The van der Waals surface area contributed by atoms with Gasteiger partial charge in [-0.05, 0) is 51.4 Å². The third-order valence-corrected chi connectivity index (χ3v) is 18.3. The summed E-state index contributed by atoms with van der Waals surface area (Å²) in [4.78, 5) is 24.6. The van der Waals surface area contributed by atoms with Crippen molar-refractivity contribution in [2.24, 2.45) is 0 Å².